The number of hydrogen-bond acceptors (Lipinski definition) is 3. The molecule has 0 amide bonds. The molecule has 3 aromatic heterocycles. The summed E-state index contributed by atoms with van der Waals surface area (Å²) >= 11 is 11.3. The zero-order valence-electron chi connectivity index (χ0n) is 9.45. The van der Waals surface area contributed by atoms with Crippen molar-refractivity contribution in [2.24, 2.45) is 0 Å². The van der Waals surface area contributed by atoms with Crippen LogP contribution in [-0.2, 0) is 0 Å². The highest BCUT2D eigenvalue weighted by atomic mass is 79.9. The van der Waals surface area contributed by atoms with Crippen molar-refractivity contribution in [3.63, 3.8) is 0 Å². The lowest BCUT2D eigenvalue weighted by Gasteiger charge is -1.96. The van der Waals surface area contributed by atoms with Gasteiger partial charge in [0.25, 0.3) is 0 Å². The lowest BCUT2D eigenvalue weighted by atomic mass is 10.3. The average molecular weight is 343 g/mol. The number of anilines is 1. The Bertz CT molecular complexity index is 728. The molecule has 3 heterocycles. The highest BCUT2D eigenvalue weighted by Gasteiger charge is 2.15. The standard InChI is InChI=1S/C12H9BrClN3S/c1-6-7(13)5-9(18-6)10-11(15)17-4-2-3-8(14)12(17)16-10/h2-5H,15H2,1H3. The zero-order chi connectivity index (χ0) is 12.9. The number of fused-ring (bicyclic) bond motifs is 1. The molecule has 92 valence electrons. The predicted molar refractivity (Wildman–Crippen MR) is 80.4 cm³/mol. The van der Waals surface area contributed by atoms with E-state index in [0.717, 1.165) is 15.0 Å². The number of pyridine rings is 1. The third-order valence-corrected chi connectivity index (χ3v) is 5.17. The van der Waals surface area contributed by atoms with Gasteiger partial charge in [0.1, 0.15) is 11.5 Å². The fourth-order valence-electron chi connectivity index (χ4n) is 1.81. The number of rotatable bonds is 1. The minimum atomic E-state index is 0.600. The van der Waals surface area contributed by atoms with Crippen molar-refractivity contribution in [2.45, 2.75) is 6.92 Å². The Kier molecular flexibility index (Phi) is 2.84. The Morgan fingerprint density at radius 1 is 1.50 bits per heavy atom. The summed E-state index contributed by atoms with van der Waals surface area (Å²) in [7, 11) is 0. The van der Waals surface area contributed by atoms with Crippen LogP contribution in [0.5, 0.6) is 0 Å². The first-order chi connectivity index (χ1) is 8.58. The summed E-state index contributed by atoms with van der Waals surface area (Å²) in [5, 5.41) is 0.600. The second kappa shape index (κ2) is 4.26. The van der Waals surface area contributed by atoms with E-state index >= 15 is 0 Å². The fourth-order valence-corrected chi connectivity index (χ4v) is 3.55. The van der Waals surface area contributed by atoms with Crippen molar-refractivity contribution >= 4 is 50.3 Å². The van der Waals surface area contributed by atoms with Crippen molar-refractivity contribution in [3.05, 3.63) is 38.8 Å². The third kappa shape index (κ3) is 1.74. The molecule has 3 aromatic rings. The van der Waals surface area contributed by atoms with E-state index in [2.05, 4.69) is 27.8 Å². The summed E-state index contributed by atoms with van der Waals surface area (Å²) in [6, 6.07) is 5.70. The zero-order valence-corrected chi connectivity index (χ0v) is 12.6. The first kappa shape index (κ1) is 12.0. The molecule has 0 aromatic carbocycles. The molecule has 2 N–H and O–H groups in total. The summed E-state index contributed by atoms with van der Waals surface area (Å²) in [5.41, 5.74) is 7.60. The highest BCUT2D eigenvalue weighted by molar-refractivity contribution is 9.10. The van der Waals surface area contributed by atoms with Gasteiger partial charge in [-0.1, -0.05) is 11.6 Å². The van der Waals surface area contributed by atoms with Crippen LogP contribution in [0.4, 0.5) is 5.82 Å². The van der Waals surface area contributed by atoms with Gasteiger partial charge in [-0.2, -0.15) is 0 Å². The molecule has 3 rings (SSSR count). The van der Waals surface area contributed by atoms with Crippen LogP contribution >= 0.6 is 38.9 Å². The number of aryl methyl sites for hydroxylation is 1. The van der Waals surface area contributed by atoms with Gasteiger partial charge in [-0.15, -0.1) is 11.3 Å². The molecule has 0 saturated heterocycles. The molecule has 0 radical (unpaired) electrons. The first-order valence-corrected chi connectivity index (χ1v) is 7.25. The second-order valence-corrected chi connectivity index (χ2v) is 6.43. The second-order valence-electron chi connectivity index (χ2n) is 3.91. The van der Waals surface area contributed by atoms with Crippen molar-refractivity contribution in [3.8, 4) is 10.6 Å². The van der Waals surface area contributed by atoms with Gasteiger partial charge in [-0.05, 0) is 41.1 Å². The summed E-state index contributed by atoms with van der Waals surface area (Å²) in [4.78, 5) is 6.77. The monoisotopic (exact) mass is 341 g/mol. The highest BCUT2D eigenvalue weighted by Crippen LogP contribution is 2.37. The van der Waals surface area contributed by atoms with Crippen LogP contribution in [-0.4, -0.2) is 9.38 Å². The number of nitrogens with zero attached hydrogens (tertiary/aromatic N) is 2. The minimum absolute atomic E-state index is 0.600. The van der Waals surface area contributed by atoms with Crippen molar-refractivity contribution in [1.29, 1.82) is 0 Å². The molecule has 0 fully saturated rings. The van der Waals surface area contributed by atoms with E-state index in [9.17, 15) is 0 Å². The molecular weight excluding hydrogens is 334 g/mol. The van der Waals surface area contributed by atoms with E-state index < -0.39 is 0 Å². The molecule has 0 spiro atoms. The molecule has 18 heavy (non-hydrogen) atoms. The summed E-state index contributed by atoms with van der Waals surface area (Å²) in [6.45, 7) is 2.05. The normalized spacial score (nSPS) is 11.3. The van der Waals surface area contributed by atoms with Gasteiger partial charge in [0.2, 0.25) is 0 Å². The molecule has 3 nitrogen and oxygen atoms in total. The maximum atomic E-state index is 6.13. The molecule has 0 aliphatic heterocycles. The van der Waals surface area contributed by atoms with E-state index in [-0.39, 0.29) is 0 Å². The molecule has 0 bridgehead atoms. The minimum Gasteiger partial charge on any atom is -0.383 e. The Labute approximate surface area is 121 Å². The third-order valence-electron chi connectivity index (χ3n) is 2.73. The van der Waals surface area contributed by atoms with Gasteiger partial charge < -0.3 is 5.73 Å². The molecule has 0 aliphatic carbocycles. The maximum Gasteiger partial charge on any atom is 0.158 e. The van der Waals surface area contributed by atoms with Gasteiger partial charge in [-0.25, -0.2) is 4.98 Å². The van der Waals surface area contributed by atoms with Crippen LogP contribution in [0, 0.1) is 6.92 Å². The number of aromatic nitrogens is 2. The molecule has 0 atom stereocenters. The average Bonchev–Trinajstić information content (AvgIpc) is 2.83. The van der Waals surface area contributed by atoms with E-state index in [1.807, 2.05) is 24.4 Å². The molecule has 0 saturated carbocycles. The number of nitrogen functional groups attached to an aromatic ring is 1. The van der Waals surface area contributed by atoms with Gasteiger partial charge in [0, 0.05) is 15.5 Å². The van der Waals surface area contributed by atoms with E-state index in [0.29, 0.717) is 16.5 Å². The van der Waals surface area contributed by atoms with Crippen LogP contribution in [0.2, 0.25) is 5.02 Å². The number of hydrogen-bond donors (Lipinski definition) is 1. The Balaban J connectivity index is 2.30. The molecule has 0 aliphatic rings. The topological polar surface area (TPSA) is 43.3 Å². The first-order valence-electron chi connectivity index (χ1n) is 5.26. The van der Waals surface area contributed by atoms with Crippen LogP contribution in [0.1, 0.15) is 4.88 Å². The lowest BCUT2D eigenvalue weighted by molar-refractivity contribution is 1.20. The van der Waals surface area contributed by atoms with Crippen molar-refractivity contribution < 1.29 is 0 Å². The van der Waals surface area contributed by atoms with Crippen LogP contribution in [0.15, 0.2) is 28.9 Å². The van der Waals surface area contributed by atoms with E-state index in [4.69, 9.17) is 17.3 Å². The molecule has 6 heteroatoms. The Hall–Kier alpha value is -1.04. The number of halogens is 2. The summed E-state index contributed by atoms with van der Waals surface area (Å²) < 4.78 is 2.88. The van der Waals surface area contributed by atoms with Crippen LogP contribution in [0.3, 0.4) is 0 Å². The largest absolute Gasteiger partial charge is 0.383 e. The van der Waals surface area contributed by atoms with Gasteiger partial charge in [-0.3, -0.25) is 4.40 Å². The van der Waals surface area contributed by atoms with Gasteiger partial charge >= 0.3 is 0 Å². The SMILES string of the molecule is Cc1sc(-c2nc3c(Cl)cccn3c2N)cc1Br. The van der Waals surface area contributed by atoms with E-state index in [1.165, 1.54) is 4.88 Å². The van der Waals surface area contributed by atoms with Crippen LogP contribution < -0.4 is 5.73 Å². The van der Waals surface area contributed by atoms with Gasteiger partial charge in [0.15, 0.2) is 5.65 Å². The van der Waals surface area contributed by atoms with Crippen LogP contribution in [0.25, 0.3) is 16.2 Å². The van der Waals surface area contributed by atoms with E-state index in [1.54, 1.807) is 15.7 Å². The number of imidazole rings is 1. The van der Waals surface area contributed by atoms with Crippen molar-refractivity contribution in [1.82, 2.24) is 9.38 Å². The Morgan fingerprint density at radius 3 is 2.89 bits per heavy atom. The number of thiophene rings is 1. The van der Waals surface area contributed by atoms with Gasteiger partial charge in [0.05, 0.1) is 9.90 Å². The fraction of sp³-hybridized carbons (Fsp3) is 0.0833. The van der Waals surface area contributed by atoms with Crippen molar-refractivity contribution in [2.75, 3.05) is 5.73 Å². The Morgan fingerprint density at radius 2 is 2.28 bits per heavy atom. The summed E-state index contributed by atoms with van der Waals surface area (Å²) in [6.07, 6.45) is 1.86. The smallest absolute Gasteiger partial charge is 0.158 e. The lowest BCUT2D eigenvalue weighted by Crippen LogP contribution is -1.93. The summed E-state index contributed by atoms with van der Waals surface area (Å²) in [5.74, 6) is 0.612. The maximum absolute atomic E-state index is 6.13. The molecule has 0 unspecified atom stereocenters. The predicted octanol–water partition coefficient (Wildman–Crippen LogP) is 4.37. The quantitative estimate of drug-likeness (QED) is 0.713. The molecular formula is C12H9BrClN3S. The number of nitrogens with two attached hydrogens (primary N) is 1.